The van der Waals surface area contributed by atoms with Gasteiger partial charge in [0.15, 0.2) is 17.4 Å². The molecular formula is C35H36FN5O3. The molecule has 0 spiro atoms. The number of fused-ring (bicyclic) bond motifs is 4. The van der Waals surface area contributed by atoms with Crippen LogP contribution in [0.15, 0.2) is 54.6 Å². The predicted octanol–water partition coefficient (Wildman–Crippen LogP) is 5.99. The van der Waals surface area contributed by atoms with E-state index in [0.717, 1.165) is 64.0 Å². The molecule has 3 heterocycles. The fraction of sp³-hybridized carbons (Fsp3) is 0.371. The third kappa shape index (κ3) is 4.20. The molecule has 2 bridgehead atoms. The minimum absolute atomic E-state index is 0.00662. The van der Waals surface area contributed by atoms with Gasteiger partial charge >= 0.3 is 0 Å². The van der Waals surface area contributed by atoms with E-state index >= 15 is 0 Å². The molecule has 5 aromatic rings. The standard InChI is InChI=1S/C35H36FN5O3/c1-39-33-26(12-24(16-31(33)44-3)35(42)41-18-23-9-11-27(41)32(23)37)38-34(39)29-14-22-7-6-20(13-28(22)40(29)17-19-4-5-19)21-8-10-25(36)30(15-21)43-2/h6-8,10,12-16,19,23,27,32H,4-5,9,11,17-18,37H2,1-3H3/t23-,27-,32-/m1/s1. The Morgan fingerprint density at radius 2 is 1.75 bits per heavy atom. The number of nitrogens with zero attached hydrogens (tertiary/aromatic N) is 4. The number of carbonyl (C=O) groups excluding carboxylic acids is 1. The molecule has 3 fully saturated rings. The number of imidazole rings is 1. The highest BCUT2D eigenvalue weighted by Gasteiger charge is 2.47. The minimum atomic E-state index is -0.380. The lowest BCUT2D eigenvalue weighted by molar-refractivity contribution is 0.0700. The number of carbonyl (C=O) groups is 1. The number of hydrogen-bond acceptors (Lipinski definition) is 5. The molecule has 8 nitrogen and oxygen atoms in total. The monoisotopic (exact) mass is 593 g/mol. The molecule has 1 saturated heterocycles. The third-order valence-corrected chi connectivity index (χ3v) is 10.1. The topological polar surface area (TPSA) is 87.5 Å². The summed E-state index contributed by atoms with van der Waals surface area (Å²) < 4.78 is 29.7. The highest BCUT2D eigenvalue weighted by atomic mass is 19.1. The largest absolute Gasteiger partial charge is 0.494 e. The van der Waals surface area contributed by atoms with Gasteiger partial charge in [0.1, 0.15) is 11.3 Å². The smallest absolute Gasteiger partial charge is 0.254 e. The highest BCUT2D eigenvalue weighted by Crippen LogP contribution is 2.41. The molecule has 3 aliphatic rings. The Morgan fingerprint density at radius 1 is 0.977 bits per heavy atom. The first-order chi connectivity index (χ1) is 21.3. The number of nitrogens with two attached hydrogens (primary N) is 1. The van der Waals surface area contributed by atoms with E-state index in [1.807, 2.05) is 24.1 Å². The van der Waals surface area contributed by atoms with Crippen molar-refractivity contribution in [2.24, 2.45) is 24.6 Å². The lowest BCUT2D eigenvalue weighted by atomic mass is 10.0. The molecule has 226 valence electrons. The second-order valence-electron chi connectivity index (χ2n) is 12.7. The maximum Gasteiger partial charge on any atom is 0.254 e. The maximum absolute atomic E-state index is 14.1. The van der Waals surface area contributed by atoms with Crippen LogP contribution in [0, 0.1) is 17.7 Å². The molecular weight excluding hydrogens is 557 g/mol. The van der Waals surface area contributed by atoms with Crippen molar-refractivity contribution in [2.75, 3.05) is 20.8 Å². The van der Waals surface area contributed by atoms with Gasteiger partial charge in [0.05, 0.1) is 25.4 Å². The van der Waals surface area contributed by atoms with Crippen molar-refractivity contribution < 1.29 is 18.7 Å². The number of likely N-dealkylation sites (tertiary alicyclic amines) is 1. The van der Waals surface area contributed by atoms with E-state index in [1.165, 1.54) is 26.0 Å². The van der Waals surface area contributed by atoms with Crippen LogP contribution in [-0.4, -0.2) is 57.8 Å². The Hall–Kier alpha value is -4.37. The number of hydrogen-bond donors (Lipinski definition) is 1. The van der Waals surface area contributed by atoms with Gasteiger partial charge in [0.2, 0.25) is 0 Å². The zero-order chi connectivity index (χ0) is 30.3. The van der Waals surface area contributed by atoms with Crippen LogP contribution in [0.5, 0.6) is 11.5 Å². The summed E-state index contributed by atoms with van der Waals surface area (Å²) in [6.45, 7) is 1.60. The molecule has 1 aliphatic heterocycles. The van der Waals surface area contributed by atoms with E-state index in [-0.39, 0.29) is 29.6 Å². The van der Waals surface area contributed by atoms with Crippen LogP contribution < -0.4 is 15.2 Å². The van der Waals surface area contributed by atoms with Crippen molar-refractivity contribution in [1.29, 1.82) is 0 Å². The molecule has 3 aromatic carbocycles. The van der Waals surface area contributed by atoms with E-state index in [9.17, 15) is 9.18 Å². The van der Waals surface area contributed by atoms with Gasteiger partial charge in [-0.3, -0.25) is 4.79 Å². The number of aryl methyl sites for hydroxylation is 1. The molecule has 9 heteroatoms. The molecule has 44 heavy (non-hydrogen) atoms. The van der Waals surface area contributed by atoms with Gasteiger partial charge in [-0.05, 0) is 85.0 Å². The fourth-order valence-corrected chi connectivity index (χ4v) is 7.48. The fourth-order valence-electron chi connectivity index (χ4n) is 7.48. The van der Waals surface area contributed by atoms with Crippen molar-refractivity contribution in [3.05, 3.63) is 66.0 Å². The van der Waals surface area contributed by atoms with E-state index in [0.29, 0.717) is 29.7 Å². The van der Waals surface area contributed by atoms with Gasteiger partial charge in [-0.25, -0.2) is 9.37 Å². The van der Waals surface area contributed by atoms with Crippen molar-refractivity contribution in [3.63, 3.8) is 0 Å². The van der Waals surface area contributed by atoms with Gasteiger partial charge in [-0.1, -0.05) is 18.2 Å². The van der Waals surface area contributed by atoms with Crippen molar-refractivity contribution >= 4 is 27.8 Å². The van der Waals surface area contributed by atoms with Gasteiger partial charge in [0, 0.05) is 48.7 Å². The van der Waals surface area contributed by atoms with E-state index < -0.39 is 0 Å². The molecule has 3 atom stereocenters. The maximum atomic E-state index is 14.1. The summed E-state index contributed by atoms with van der Waals surface area (Å²) in [5, 5.41) is 1.11. The lowest BCUT2D eigenvalue weighted by Gasteiger charge is -2.27. The third-order valence-electron chi connectivity index (χ3n) is 10.1. The summed E-state index contributed by atoms with van der Waals surface area (Å²) in [5.74, 6) is 2.28. The van der Waals surface area contributed by atoms with Crippen LogP contribution in [0.4, 0.5) is 4.39 Å². The van der Waals surface area contributed by atoms with E-state index in [2.05, 4.69) is 33.4 Å². The number of methoxy groups -OCH3 is 2. The zero-order valence-corrected chi connectivity index (χ0v) is 25.2. The van der Waals surface area contributed by atoms with Crippen molar-refractivity contribution in [3.8, 4) is 34.1 Å². The van der Waals surface area contributed by atoms with Crippen LogP contribution in [0.3, 0.4) is 0 Å². The highest BCUT2D eigenvalue weighted by molar-refractivity contribution is 6.00. The van der Waals surface area contributed by atoms with E-state index in [4.69, 9.17) is 20.2 Å². The Kier molecular flexibility index (Phi) is 6.24. The molecule has 0 unspecified atom stereocenters. The van der Waals surface area contributed by atoms with E-state index in [1.54, 1.807) is 19.2 Å². The first-order valence-corrected chi connectivity index (χ1v) is 15.4. The first kappa shape index (κ1) is 27.2. The normalized spacial score (nSPS) is 21.1. The lowest BCUT2D eigenvalue weighted by Crippen LogP contribution is -2.41. The molecule has 2 N–H and O–H groups in total. The SMILES string of the molecule is COc1cc(-c2ccc3cc(-c4nc5cc(C(=O)N6C[C@H]7CC[C@@H]6[C@@H]7N)cc(OC)c5n4C)n(CC4CC4)c3c2)ccc1F. The number of amides is 1. The van der Waals surface area contributed by atoms with Gasteiger partial charge in [-0.15, -0.1) is 0 Å². The van der Waals surface area contributed by atoms with Crippen LogP contribution in [-0.2, 0) is 13.6 Å². The second kappa shape index (κ2) is 10.1. The number of rotatable bonds is 7. The van der Waals surface area contributed by atoms with Crippen molar-refractivity contribution in [2.45, 2.75) is 44.3 Å². The van der Waals surface area contributed by atoms with Gasteiger partial charge in [-0.2, -0.15) is 0 Å². The average molecular weight is 594 g/mol. The van der Waals surface area contributed by atoms with Crippen molar-refractivity contribution in [1.82, 2.24) is 19.0 Å². The number of halogens is 1. The Bertz CT molecular complexity index is 1960. The molecule has 2 saturated carbocycles. The Labute approximate surface area is 255 Å². The molecule has 0 radical (unpaired) electrons. The van der Waals surface area contributed by atoms with Crippen LogP contribution in [0.1, 0.15) is 36.0 Å². The summed E-state index contributed by atoms with van der Waals surface area (Å²) in [4.78, 5) is 20.8. The van der Waals surface area contributed by atoms with Crippen LogP contribution in [0.25, 0.3) is 44.6 Å². The van der Waals surface area contributed by atoms with Crippen LogP contribution in [0.2, 0.25) is 0 Å². The summed E-state index contributed by atoms with van der Waals surface area (Å²) in [6.07, 6.45) is 4.47. The molecule has 2 aromatic heterocycles. The number of piperidine rings is 1. The molecule has 1 amide bonds. The summed E-state index contributed by atoms with van der Waals surface area (Å²) in [6, 6.07) is 17.4. The second-order valence-corrected chi connectivity index (χ2v) is 12.7. The molecule has 2 aliphatic carbocycles. The Balaban J connectivity index is 1.24. The molecule has 8 rings (SSSR count). The minimum Gasteiger partial charge on any atom is -0.494 e. The average Bonchev–Trinajstić information content (AvgIpc) is 3.44. The number of benzene rings is 3. The summed E-state index contributed by atoms with van der Waals surface area (Å²) in [7, 11) is 5.12. The van der Waals surface area contributed by atoms with Gasteiger partial charge in [0.25, 0.3) is 5.91 Å². The predicted molar refractivity (Wildman–Crippen MR) is 168 cm³/mol. The zero-order valence-electron chi connectivity index (χ0n) is 25.2. The number of aromatic nitrogens is 3. The summed E-state index contributed by atoms with van der Waals surface area (Å²) in [5.41, 5.74) is 12.6. The quantitative estimate of drug-likeness (QED) is 0.251. The number of ether oxygens (including phenoxy) is 2. The summed E-state index contributed by atoms with van der Waals surface area (Å²) >= 11 is 0. The first-order valence-electron chi connectivity index (χ1n) is 15.4. The van der Waals surface area contributed by atoms with Gasteiger partial charge < -0.3 is 29.2 Å². The van der Waals surface area contributed by atoms with Crippen LogP contribution >= 0.6 is 0 Å². The Morgan fingerprint density at radius 3 is 2.45 bits per heavy atom.